The van der Waals surface area contributed by atoms with Crippen LogP contribution in [0.15, 0.2) is 0 Å². The monoisotopic (exact) mass is 559 g/mol. The second-order valence-electron chi connectivity index (χ2n) is 16.7. The SMILES string of the molecule is CC(C)(C)CCC(=O)NC(C)(C)C.CC(C)(C)CNC(=O)NC(C)(C)C.CC(C)(C)NC(=O)COC(C)(C)C. The van der Waals surface area contributed by atoms with Gasteiger partial charge in [0.2, 0.25) is 11.8 Å². The fourth-order valence-corrected chi connectivity index (χ4v) is 2.44. The van der Waals surface area contributed by atoms with Crippen LogP contribution in [0.3, 0.4) is 0 Å². The summed E-state index contributed by atoms with van der Waals surface area (Å²) in [6.45, 7) is 37.0. The lowest BCUT2D eigenvalue weighted by Crippen LogP contribution is -2.48. The summed E-state index contributed by atoms with van der Waals surface area (Å²) in [5.74, 6) is 0.0878. The average molecular weight is 559 g/mol. The molecule has 0 rings (SSSR count). The minimum atomic E-state index is -0.255. The van der Waals surface area contributed by atoms with Crippen molar-refractivity contribution in [3.05, 3.63) is 0 Å². The van der Waals surface area contributed by atoms with E-state index in [0.717, 1.165) is 6.42 Å². The van der Waals surface area contributed by atoms with Crippen LogP contribution >= 0.6 is 0 Å². The lowest BCUT2D eigenvalue weighted by Gasteiger charge is -2.23. The lowest BCUT2D eigenvalue weighted by molar-refractivity contribution is -0.132. The van der Waals surface area contributed by atoms with Gasteiger partial charge in [-0.1, -0.05) is 41.5 Å². The molecule has 0 bridgehead atoms. The van der Waals surface area contributed by atoms with Gasteiger partial charge >= 0.3 is 6.03 Å². The molecule has 4 amide bonds. The van der Waals surface area contributed by atoms with Crippen molar-refractivity contribution >= 4 is 17.8 Å². The van der Waals surface area contributed by atoms with Gasteiger partial charge in [0.25, 0.3) is 0 Å². The third kappa shape index (κ3) is 43.5. The van der Waals surface area contributed by atoms with Crippen molar-refractivity contribution in [3.8, 4) is 0 Å². The molecule has 0 unspecified atom stereocenters. The summed E-state index contributed by atoms with van der Waals surface area (Å²) >= 11 is 0. The minimum Gasteiger partial charge on any atom is -0.366 e. The molecule has 39 heavy (non-hydrogen) atoms. The van der Waals surface area contributed by atoms with E-state index in [1.807, 2.05) is 83.1 Å². The quantitative estimate of drug-likeness (QED) is 0.306. The fourth-order valence-electron chi connectivity index (χ4n) is 2.44. The normalized spacial score (nSPS) is 12.7. The van der Waals surface area contributed by atoms with Gasteiger partial charge in [0.15, 0.2) is 0 Å². The third-order valence-corrected chi connectivity index (χ3v) is 4.03. The van der Waals surface area contributed by atoms with Crippen LogP contribution in [0.5, 0.6) is 0 Å². The third-order valence-electron chi connectivity index (χ3n) is 4.03. The van der Waals surface area contributed by atoms with Crippen LogP contribution in [0.4, 0.5) is 4.79 Å². The standard InChI is InChI=1S/C11H23NO.C10H22N2O.C10H21NO2/c1-10(2,3)8-7-9(13)12-11(4,5)6;1-9(2,3)7-11-8(13)12-10(4,5)6;1-9(2,3)11-8(12)7-13-10(4,5)6/h7-8H2,1-6H3,(H,12,13);7H2,1-6H3,(H2,11,12,13);7H2,1-6H3,(H,11,12). The summed E-state index contributed by atoms with van der Waals surface area (Å²) < 4.78 is 5.32. The highest BCUT2D eigenvalue weighted by Gasteiger charge is 2.18. The Kier molecular flexibility index (Phi) is 17.6. The molecular formula is C31H66N4O4. The number of rotatable bonds is 5. The highest BCUT2D eigenvalue weighted by atomic mass is 16.5. The molecule has 0 aromatic rings. The predicted molar refractivity (Wildman–Crippen MR) is 166 cm³/mol. The van der Waals surface area contributed by atoms with Crippen LogP contribution in [-0.2, 0) is 14.3 Å². The van der Waals surface area contributed by atoms with Crippen molar-refractivity contribution in [3.63, 3.8) is 0 Å². The average Bonchev–Trinajstić information content (AvgIpc) is 2.58. The van der Waals surface area contributed by atoms with Crippen molar-refractivity contribution in [1.29, 1.82) is 0 Å². The molecule has 0 saturated carbocycles. The Bertz CT molecular complexity index is 621. The van der Waals surface area contributed by atoms with E-state index in [9.17, 15) is 14.4 Å². The first-order valence-corrected chi connectivity index (χ1v) is 14.1. The zero-order valence-electron chi connectivity index (χ0n) is 29.0. The number of amides is 4. The minimum absolute atomic E-state index is 0.0672. The van der Waals surface area contributed by atoms with Gasteiger partial charge in [0.05, 0.1) is 5.60 Å². The number of hydrogen-bond donors (Lipinski definition) is 4. The zero-order valence-corrected chi connectivity index (χ0v) is 29.0. The van der Waals surface area contributed by atoms with Crippen molar-refractivity contribution in [2.75, 3.05) is 13.2 Å². The first-order valence-electron chi connectivity index (χ1n) is 14.1. The van der Waals surface area contributed by atoms with Gasteiger partial charge in [0, 0.05) is 29.6 Å². The molecule has 0 radical (unpaired) electrons. The highest BCUT2D eigenvalue weighted by Crippen LogP contribution is 2.20. The first kappa shape index (κ1) is 41.6. The number of ether oxygens (including phenoxy) is 1. The number of carbonyl (C=O) groups excluding carboxylic acids is 3. The van der Waals surface area contributed by atoms with E-state index in [0.29, 0.717) is 13.0 Å². The van der Waals surface area contributed by atoms with Crippen LogP contribution in [-0.4, -0.2) is 53.2 Å². The van der Waals surface area contributed by atoms with Crippen molar-refractivity contribution in [1.82, 2.24) is 21.3 Å². The Morgan fingerprint density at radius 2 is 0.923 bits per heavy atom. The van der Waals surface area contributed by atoms with Crippen molar-refractivity contribution < 1.29 is 19.1 Å². The molecule has 0 aliphatic rings. The molecule has 0 heterocycles. The van der Waals surface area contributed by atoms with Crippen LogP contribution < -0.4 is 21.3 Å². The summed E-state index contributed by atoms with van der Waals surface area (Å²) in [5.41, 5.74) is -0.324. The van der Waals surface area contributed by atoms with E-state index < -0.39 is 0 Å². The second kappa shape index (κ2) is 16.4. The number of nitrogens with one attached hydrogen (secondary N) is 4. The smallest absolute Gasteiger partial charge is 0.315 e. The fraction of sp³-hybridized carbons (Fsp3) is 0.903. The maximum atomic E-state index is 11.4. The van der Waals surface area contributed by atoms with Crippen LogP contribution in [0, 0.1) is 10.8 Å². The predicted octanol–water partition coefficient (Wildman–Crippen LogP) is 6.57. The first-order chi connectivity index (χ1) is 16.8. The zero-order chi connectivity index (χ0) is 32.1. The molecule has 8 nitrogen and oxygen atoms in total. The van der Waals surface area contributed by atoms with E-state index in [1.165, 1.54) is 0 Å². The molecule has 0 aliphatic carbocycles. The molecule has 8 heteroatoms. The van der Waals surface area contributed by atoms with Gasteiger partial charge in [-0.2, -0.15) is 0 Å². The maximum absolute atomic E-state index is 11.4. The van der Waals surface area contributed by atoms with Crippen LogP contribution in [0.2, 0.25) is 0 Å². The van der Waals surface area contributed by atoms with Crippen molar-refractivity contribution in [2.24, 2.45) is 10.8 Å². The lowest BCUT2D eigenvalue weighted by atomic mass is 9.90. The maximum Gasteiger partial charge on any atom is 0.315 e. The Morgan fingerprint density at radius 1 is 0.538 bits per heavy atom. The molecule has 4 N–H and O–H groups in total. The van der Waals surface area contributed by atoms with Crippen molar-refractivity contribution in [2.45, 2.75) is 160 Å². The van der Waals surface area contributed by atoms with E-state index >= 15 is 0 Å². The molecule has 0 aromatic heterocycles. The highest BCUT2D eigenvalue weighted by molar-refractivity contribution is 5.78. The molecule has 0 fully saturated rings. The molecule has 234 valence electrons. The van der Waals surface area contributed by atoms with Gasteiger partial charge in [-0.3, -0.25) is 9.59 Å². The number of hydrogen-bond acceptors (Lipinski definition) is 4. The van der Waals surface area contributed by atoms with Crippen LogP contribution in [0.25, 0.3) is 0 Å². The largest absolute Gasteiger partial charge is 0.366 e. The summed E-state index contributed by atoms with van der Waals surface area (Å²) in [6, 6.07) is -0.0950. The molecule has 0 aromatic carbocycles. The van der Waals surface area contributed by atoms with E-state index in [4.69, 9.17) is 4.74 Å². The summed E-state index contributed by atoms with van der Waals surface area (Å²) in [6.07, 6.45) is 1.57. The van der Waals surface area contributed by atoms with E-state index in [-0.39, 0.29) is 57.5 Å². The van der Waals surface area contributed by atoms with Gasteiger partial charge in [-0.05, 0) is 100 Å². The second-order valence-corrected chi connectivity index (χ2v) is 16.7. The molecule has 0 aliphatic heterocycles. The van der Waals surface area contributed by atoms with Gasteiger partial charge < -0.3 is 26.0 Å². The van der Waals surface area contributed by atoms with E-state index in [2.05, 4.69) is 62.8 Å². The van der Waals surface area contributed by atoms with E-state index in [1.54, 1.807) is 0 Å². The summed E-state index contributed by atoms with van der Waals surface area (Å²) in [7, 11) is 0. The number of carbonyl (C=O) groups is 3. The summed E-state index contributed by atoms with van der Waals surface area (Å²) in [4.78, 5) is 33.9. The topological polar surface area (TPSA) is 109 Å². The van der Waals surface area contributed by atoms with Gasteiger partial charge in [-0.25, -0.2) is 4.79 Å². The molecular weight excluding hydrogens is 492 g/mol. The number of urea groups is 1. The van der Waals surface area contributed by atoms with Gasteiger partial charge in [-0.15, -0.1) is 0 Å². The Hall–Kier alpha value is -1.83. The molecule has 0 atom stereocenters. The Morgan fingerprint density at radius 3 is 1.23 bits per heavy atom. The molecule has 0 spiro atoms. The summed E-state index contributed by atoms with van der Waals surface area (Å²) in [5, 5.41) is 11.5. The van der Waals surface area contributed by atoms with Gasteiger partial charge in [0.1, 0.15) is 6.61 Å². The van der Waals surface area contributed by atoms with Crippen LogP contribution in [0.1, 0.15) is 137 Å². The Balaban J connectivity index is -0.000000498. The molecule has 0 saturated heterocycles. The Labute approximate surface area is 241 Å².